The second-order valence-electron chi connectivity index (χ2n) is 6.62. The van der Waals surface area contributed by atoms with Gasteiger partial charge in [0.2, 0.25) is 16.9 Å². The third kappa shape index (κ3) is 7.18. The van der Waals surface area contributed by atoms with Crippen LogP contribution in [0.4, 0.5) is 0 Å². The first-order valence-corrected chi connectivity index (χ1v) is 13.7. The first-order chi connectivity index (χ1) is 15.1. The molecule has 1 amide bonds. The molecule has 2 aromatic rings. The highest BCUT2D eigenvalue weighted by Gasteiger charge is 2.37. The molecule has 1 saturated heterocycles. The number of hydrogen-bond acceptors (Lipinski definition) is 7. The standard InChI is InChI=1S/C19H22IN2O6P.C2H5/c20-29-27-10-14-8-15(23)16(26-9-13-4-2-1-3-5-13)17(28-14)18(24)22-19(11-21)6-7-25-12-19;1-2/h1-5,8,29H,6-7,9-12,21H2,(H,22,24);1H2,2H3/q;+1. The van der Waals surface area contributed by atoms with Gasteiger partial charge in [-0.1, -0.05) is 30.3 Å². The van der Waals surface area contributed by atoms with E-state index in [9.17, 15) is 9.59 Å². The molecule has 168 valence electrons. The summed E-state index contributed by atoms with van der Waals surface area (Å²) in [4.78, 5) is 25.7. The zero-order chi connectivity index (χ0) is 22.7. The van der Waals surface area contributed by atoms with Crippen molar-refractivity contribution >= 4 is 34.4 Å². The van der Waals surface area contributed by atoms with Crippen molar-refractivity contribution in [3.8, 4) is 5.75 Å². The molecule has 0 spiro atoms. The second-order valence-corrected chi connectivity index (χ2v) is 8.38. The molecule has 0 radical (unpaired) electrons. The Morgan fingerprint density at radius 1 is 1.32 bits per heavy atom. The number of rotatable bonds is 9. The van der Waals surface area contributed by atoms with Gasteiger partial charge in [0.15, 0.2) is 0 Å². The number of nitrogens with two attached hydrogens (primary N) is 1. The fourth-order valence-corrected chi connectivity index (χ4v) is 3.60. The highest BCUT2D eigenvalue weighted by Crippen LogP contribution is 2.26. The summed E-state index contributed by atoms with van der Waals surface area (Å²) in [5.41, 5.74) is 5.58. The number of benzene rings is 1. The van der Waals surface area contributed by atoms with Gasteiger partial charge in [-0.05, 0) is 34.0 Å². The van der Waals surface area contributed by atoms with Crippen molar-refractivity contribution in [2.45, 2.75) is 32.1 Å². The van der Waals surface area contributed by atoms with E-state index in [0.717, 1.165) is 5.56 Å². The van der Waals surface area contributed by atoms with Crippen LogP contribution in [0.2, 0.25) is 0 Å². The lowest BCUT2D eigenvalue weighted by Crippen LogP contribution is -2.54. The van der Waals surface area contributed by atoms with Gasteiger partial charge in [-0.3, -0.25) is 9.59 Å². The Balaban J connectivity index is 0.00000166. The third-order valence-corrected chi connectivity index (χ3v) is 5.72. The molecule has 0 aliphatic carbocycles. The van der Waals surface area contributed by atoms with Crippen molar-refractivity contribution in [1.29, 1.82) is 0 Å². The van der Waals surface area contributed by atoms with Crippen LogP contribution in [0.3, 0.4) is 0 Å². The van der Waals surface area contributed by atoms with Crippen LogP contribution in [-0.4, -0.2) is 31.2 Å². The molecule has 1 aromatic carbocycles. The average Bonchev–Trinajstić information content (AvgIpc) is 3.27. The molecule has 1 aliphatic rings. The van der Waals surface area contributed by atoms with Crippen molar-refractivity contribution in [3.63, 3.8) is 0 Å². The van der Waals surface area contributed by atoms with E-state index in [2.05, 4.69) is 34.3 Å². The normalized spacial score (nSPS) is 17.9. The molecule has 8 nitrogen and oxygen atoms in total. The van der Waals surface area contributed by atoms with E-state index in [0.29, 0.717) is 19.6 Å². The summed E-state index contributed by atoms with van der Waals surface area (Å²) >= 11 is 2.07. The van der Waals surface area contributed by atoms with Crippen molar-refractivity contribution in [2.24, 2.45) is 5.73 Å². The molecule has 1 aliphatic heterocycles. The predicted molar refractivity (Wildman–Crippen MR) is 129 cm³/mol. The monoisotopic (exact) mass is 561 g/mol. The molecular weight excluding hydrogens is 534 g/mol. The lowest BCUT2D eigenvalue weighted by Gasteiger charge is -2.26. The maximum absolute atomic E-state index is 13.0. The molecule has 3 N–H and O–H groups in total. The number of amides is 1. The lowest BCUT2D eigenvalue weighted by molar-refractivity contribution is 0.0838. The first kappa shape index (κ1) is 25.6. The topological polar surface area (TPSA) is 113 Å². The van der Waals surface area contributed by atoms with Crippen LogP contribution >= 0.6 is 28.5 Å². The molecular formula is C21H27IN2O6P+. The molecule has 1 aromatic heterocycles. The van der Waals surface area contributed by atoms with Gasteiger partial charge in [-0.2, -0.15) is 0 Å². The van der Waals surface area contributed by atoms with Crippen molar-refractivity contribution in [3.05, 3.63) is 70.6 Å². The number of hydrogen-bond donors (Lipinski definition) is 2. The zero-order valence-corrected chi connectivity index (χ0v) is 20.5. The van der Waals surface area contributed by atoms with E-state index in [1.807, 2.05) is 30.3 Å². The maximum Gasteiger partial charge on any atom is 0.291 e. The van der Waals surface area contributed by atoms with Gasteiger partial charge in [-0.15, -0.1) is 0 Å². The van der Waals surface area contributed by atoms with Crippen LogP contribution in [0.5, 0.6) is 5.75 Å². The minimum atomic E-state index is -0.692. The second kappa shape index (κ2) is 13.0. The molecule has 2 atom stereocenters. The first-order valence-electron chi connectivity index (χ1n) is 9.69. The number of halogens is 1. The predicted octanol–water partition coefficient (Wildman–Crippen LogP) is 3.37. The SMILES string of the molecule is NCC1(NC(=O)c2oc(COPI)cc(=O)c2OCc2ccccc2)CCOC1.[CH2+]C. The summed E-state index contributed by atoms with van der Waals surface area (Å²) in [5, 5.41) is 2.87. The number of ether oxygens (including phenoxy) is 2. The highest BCUT2D eigenvalue weighted by molar-refractivity contribution is 14.2. The van der Waals surface area contributed by atoms with E-state index in [1.54, 1.807) is 6.92 Å². The van der Waals surface area contributed by atoms with Gasteiger partial charge in [0.25, 0.3) is 5.91 Å². The Morgan fingerprint density at radius 3 is 2.68 bits per heavy atom. The quantitative estimate of drug-likeness (QED) is 0.274. The van der Waals surface area contributed by atoms with Gasteiger partial charge in [0.1, 0.15) is 19.0 Å². The Morgan fingerprint density at radius 2 is 2.06 bits per heavy atom. The number of nitrogens with one attached hydrogen (secondary N) is 1. The molecule has 10 heteroatoms. The van der Waals surface area contributed by atoms with E-state index < -0.39 is 16.9 Å². The Hall–Kier alpha value is -1.65. The molecule has 0 bridgehead atoms. The molecule has 1 fully saturated rings. The summed E-state index contributed by atoms with van der Waals surface area (Å²) in [6.45, 7) is 6.42. The minimum Gasteiger partial charge on any atom is -0.481 e. The van der Waals surface area contributed by atoms with Crippen LogP contribution in [0.25, 0.3) is 0 Å². The summed E-state index contributed by atoms with van der Waals surface area (Å²) in [6.07, 6.45) is 0.582. The average molecular weight is 561 g/mol. The van der Waals surface area contributed by atoms with E-state index in [4.69, 9.17) is 24.1 Å². The van der Waals surface area contributed by atoms with Crippen molar-refractivity contribution in [2.75, 3.05) is 19.8 Å². The maximum atomic E-state index is 13.0. The van der Waals surface area contributed by atoms with Crippen molar-refractivity contribution < 1.29 is 23.2 Å². The number of carbonyl (C=O) groups excluding carboxylic acids is 1. The zero-order valence-electron chi connectivity index (χ0n) is 17.3. The lowest BCUT2D eigenvalue weighted by atomic mass is 9.99. The highest BCUT2D eigenvalue weighted by atomic mass is 127. The van der Waals surface area contributed by atoms with E-state index in [1.165, 1.54) is 6.07 Å². The summed E-state index contributed by atoms with van der Waals surface area (Å²) in [6, 6.07) is 10.6. The largest absolute Gasteiger partial charge is 0.481 e. The fourth-order valence-electron chi connectivity index (χ4n) is 2.93. The summed E-state index contributed by atoms with van der Waals surface area (Å²) in [5.74, 6) is -0.651. The van der Waals surface area contributed by atoms with Crippen LogP contribution in [-0.2, 0) is 22.5 Å². The Labute approximate surface area is 196 Å². The van der Waals surface area contributed by atoms with Crippen LogP contribution in [0, 0.1) is 6.92 Å². The van der Waals surface area contributed by atoms with Gasteiger partial charge in [-0.25, -0.2) is 0 Å². The molecule has 0 saturated carbocycles. The van der Waals surface area contributed by atoms with Crippen LogP contribution in [0.15, 0.2) is 45.6 Å². The van der Waals surface area contributed by atoms with Gasteiger partial charge >= 0.3 is 0 Å². The molecule has 2 unspecified atom stereocenters. The van der Waals surface area contributed by atoms with E-state index >= 15 is 0 Å². The Bertz CT molecular complexity index is 887. The third-order valence-electron chi connectivity index (χ3n) is 4.53. The summed E-state index contributed by atoms with van der Waals surface area (Å²) in [7, 11) is 0. The van der Waals surface area contributed by atoms with Gasteiger partial charge in [0.05, 0.1) is 32.4 Å². The minimum absolute atomic E-state index is 0.0843. The fraction of sp³-hybridized carbons (Fsp3) is 0.381. The molecule has 3 rings (SSSR count). The smallest absolute Gasteiger partial charge is 0.291 e. The Kier molecular flexibility index (Phi) is 10.8. The molecule has 31 heavy (non-hydrogen) atoms. The number of carbonyl (C=O) groups is 1. The van der Waals surface area contributed by atoms with Crippen LogP contribution < -0.4 is 21.2 Å². The van der Waals surface area contributed by atoms with Crippen molar-refractivity contribution in [1.82, 2.24) is 5.32 Å². The molecule has 2 heterocycles. The van der Waals surface area contributed by atoms with Gasteiger partial charge in [0, 0.05) is 19.2 Å². The van der Waals surface area contributed by atoms with Crippen LogP contribution in [0.1, 0.15) is 35.2 Å². The summed E-state index contributed by atoms with van der Waals surface area (Å²) < 4.78 is 22.1. The van der Waals surface area contributed by atoms with E-state index in [-0.39, 0.29) is 43.5 Å². The van der Waals surface area contributed by atoms with Gasteiger partial charge < -0.3 is 29.5 Å².